The number of aromatic nitrogens is 1. The quantitative estimate of drug-likeness (QED) is 0.482. The van der Waals surface area contributed by atoms with Crippen molar-refractivity contribution in [1.82, 2.24) is 14.8 Å². The zero-order chi connectivity index (χ0) is 22.2. The van der Waals surface area contributed by atoms with Gasteiger partial charge >= 0.3 is 0 Å². The summed E-state index contributed by atoms with van der Waals surface area (Å²) >= 11 is 0. The Balaban J connectivity index is 1.45. The Bertz CT molecular complexity index is 1050. The molecule has 6 nitrogen and oxygen atoms in total. The van der Waals surface area contributed by atoms with Crippen LogP contribution in [0.2, 0.25) is 0 Å². The first-order chi connectivity index (χ1) is 15.8. The first-order valence-electron chi connectivity index (χ1n) is 10.7. The van der Waals surface area contributed by atoms with Crippen LogP contribution in [-0.2, 0) is 4.79 Å². The largest absolute Gasteiger partial charge is 0.359 e. The lowest BCUT2D eigenvalue weighted by atomic mass is 9.96. The van der Waals surface area contributed by atoms with E-state index in [0.29, 0.717) is 13.1 Å². The summed E-state index contributed by atoms with van der Waals surface area (Å²) in [4.78, 5) is 21.1. The van der Waals surface area contributed by atoms with Gasteiger partial charge < -0.3 is 10.2 Å². The number of amides is 1. The van der Waals surface area contributed by atoms with Crippen LogP contribution in [0.1, 0.15) is 17.2 Å². The predicted octanol–water partition coefficient (Wildman–Crippen LogP) is 3.83. The minimum atomic E-state index is -0.250. The van der Waals surface area contributed by atoms with Gasteiger partial charge in [0.2, 0.25) is 0 Å². The summed E-state index contributed by atoms with van der Waals surface area (Å²) < 4.78 is 0. The Kier molecular flexibility index (Phi) is 6.91. The molecule has 1 aromatic heterocycles. The Morgan fingerprint density at radius 1 is 0.938 bits per heavy atom. The maximum atomic E-state index is 12.9. The van der Waals surface area contributed by atoms with Gasteiger partial charge in [0, 0.05) is 38.6 Å². The number of hydrogen-bond donors (Lipinski definition) is 1. The zero-order valence-electron chi connectivity index (χ0n) is 17.8. The van der Waals surface area contributed by atoms with Crippen LogP contribution in [0, 0.1) is 11.3 Å². The number of rotatable bonds is 6. The Morgan fingerprint density at radius 3 is 2.09 bits per heavy atom. The summed E-state index contributed by atoms with van der Waals surface area (Å²) in [6.07, 6.45) is 4.77. The molecule has 2 heterocycles. The molecule has 1 aliphatic heterocycles. The number of piperazine rings is 1. The monoisotopic (exact) mass is 423 g/mol. The number of benzene rings is 2. The summed E-state index contributed by atoms with van der Waals surface area (Å²) in [5, 5.41) is 12.5. The predicted molar refractivity (Wildman–Crippen MR) is 124 cm³/mol. The first kappa shape index (κ1) is 21.3. The van der Waals surface area contributed by atoms with Crippen LogP contribution in [0.5, 0.6) is 0 Å². The minimum absolute atomic E-state index is 0.0879. The maximum absolute atomic E-state index is 12.9. The molecular formula is C26H25N5O. The molecule has 2 aromatic carbocycles. The van der Waals surface area contributed by atoms with Crippen molar-refractivity contribution in [2.45, 2.75) is 6.04 Å². The molecule has 0 spiro atoms. The Morgan fingerprint density at radius 2 is 1.56 bits per heavy atom. The second kappa shape index (κ2) is 10.4. The third-order valence-corrected chi connectivity index (χ3v) is 5.59. The van der Waals surface area contributed by atoms with Gasteiger partial charge in [0.25, 0.3) is 5.91 Å². The fraction of sp³-hybridized carbons (Fsp3) is 0.192. The minimum Gasteiger partial charge on any atom is -0.359 e. The molecule has 0 unspecified atom stereocenters. The molecule has 4 rings (SSSR count). The maximum Gasteiger partial charge on any atom is 0.266 e. The van der Waals surface area contributed by atoms with Crippen molar-refractivity contribution in [1.29, 1.82) is 5.26 Å². The van der Waals surface area contributed by atoms with Gasteiger partial charge in [-0.2, -0.15) is 5.26 Å². The Hall–Kier alpha value is -3.95. The number of nitriles is 1. The third-order valence-electron chi connectivity index (χ3n) is 5.59. The molecule has 0 saturated carbocycles. The lowest BCUT2D eigenvalue weighted by Crippen LogP contribution is -2.50. The average molecular weight is 424 g/mol. The smallest absolute Gasteiger partial charge is 0.266 e. The molecule has 160 valence electrons. The summed E-state index contributed by atoms with van der Waals surface area (Å²) in [5.74, 6) is -0.250. The fourth-order valence-corrected chi connectivity index (χ4v) is 3.98. The highest BCUT2D eigenvalue weighted by atomic mass is 16.2. The van der Waals surface area contributed by atoms with Gasteiger partial charge in [0.05, 0.1) is 17.9 Å². The van der Waals surface area contributed by atoms with E-state index in [0.717, 1.165) is 18.8 Å². The second-order valence-electron chi connectivity index (χ2n) is 7.61. The van der Waals surface area contributed by atoms with E-state index in [1.54, 1.807) is 23.4 Å². The Labute approximate surface area is 188 Å². The second-order valence-corrected chi connectivity index (χ2v) is 7.61. The van der Waals surface area contributed by atoms with Gasteiger partial charge in [-0.1, -0.05) is 60.7 Å². The molecule has 0 aliphatic carbocycles. The first-order valence-corrected chi connectivity index (χ1v) is 10.7. The molecular weight excluding hydrogens is 398 g/mol. The van der Waals surface area contributed by atoms with Crippen molar-refractivity contribution in [3.8, 4) is 6.07 Å². The highest BCUT2D eigenvalue weighted by molar-refractivity contribution is 5.97. The molecule has 1 fully saturated rings. The van der Waals surface area contributed by atoms with Crippen LogP contribution in [0.3, 0.4) is 0 Å². The topological polar surface area (TPSA) is 72.3 Å². The van der Waals surface area contributed by atoms with E-state index < -0.39 is 0 Å². The zero-order valence-corrected chi connectivity index (χ0v) is 17.8. The van der Waals surface area contributed by atoms with Crippen molar-refractivity contribution in [2.75, 3.05) is 31.5 Å². The van der Waals surface area contributed by atoms with Crippen LogP contribution in [0.4, 0.5) is 5.69 Å². The number of pyridine rings is 1. The number of carbonyl (C=O) groups excluding carboxylic acids is 1. The number of carbonyl (C=O) groups is 1. The number of hydrogen-bond acceptors (Lipinski definition) is 5. The van der Waals surface area contributed by atoms with Gasteiger partial charge in [0.15, 0.2) is 0 Å². The fourth-order valence-electron chi connectivity index (χ4n) is 3.98. The molecule has 0 atom stereocenters. The van der Waals surface area contributed by atoms with E-state index >= 15 is 0 Å². The molecule has 1 N–H and O–H groups in total. The van der Waals surface area contributed by atoms with E-state index in [2.05, 4.69) is 63.7 Å². The summed E-state index contributed by atoms with van der Waals surface area (Å²) in [6.45, 7) is 2.60. The lowest BCUT2D eigenvalue weighted by Gasteiger charge is -2.39. The van der Waals surface area contributed by atoms with E-state index in [9.17, 15) is 10.1 Å². The SMILES string of the molecule is N#C/C(=C/Nc1cccnc1)C(=O)N1CCN(C(c2ccccc2)c2ccccc2)CC1. The van der Waals surface area contributed by atoms with Gasteiger partial charge in [-0.15, -0.1) is 0 Å². The van der Waals surface area contributed by atoms with Crippen molar-refractivity contribution in [3.05, 3.63) is 108 Å². The lowest BCUT2D eigenvalue weighted by molar-refractivity contribution is -0.128. The normalized spacial score (nSPS) is 14.8. The highest BCUT2D eigenvalue weighted by Gasteiger charge is 2.29. The standard InChI is InChI=1S/C26H25N5O/c27-18-23(19-29-24-12-7-13-28-20-24)26(32)31-16-14-30(15-17-31)25(21-8-3-1-4-9-21)22-10-5-2-6-11-22/h1-13,19-20,25,29H,14-17H2/b23-19-. The van der Waals surface area contributed by atoms with E-state index in [4.69, 9.17) is 0 Å². The summed E-state index contributed by atoms with van der Waals surface area (Å²) in [6, 6.07) is 26.7. The highest BCUT2D eigenvalue weighted by Crippen LogP contribution is 2.29. The molecule has 1 saturated heterocycles. The van der Waals surface area contributed by atoms with Crippen molar-refractivity contribution >= 4 is 11.6 Å². The van der Waals surface area contributed by atoms with Crippen molar-refractivity contribution in [3.63, 3.8) is 0 Å². The van der Waals surface area contributed by atoms with E-state index in [1.807, 2.05) is 24.3 Å². The van der Waals surface area contributed by atoms with E-state index in [-0.39, 0.29) is 17.5 Å². The number of nitrogens with one attached hydrogen (secondary N) is 1. The molecule has 1 amide bonds. The molecule has 6 heteroatoms. The van der Waals surface area contributed by atoms with Crippen molar-refractivity contribution in [2.24, 2.45) is 0 Å². The van der Waals surface area contributed by atoms with Gasteiger partial charge in [-0.05, 0) is 23.3 Å². The van der Waals surface area contributed by atoms with Crippen LogP contribution in [0.25, 0.3) is 0 Å². The number of nitrogens with zero attached hydrogens (tertiary/aromatic N) is 4. The van der Waals surface area contributed by atoms with Crippen LogP contribution in [-0.4, -0.2) is 46.9 Å². The summed E-state index contributed by atoms with van der Waals surface area (Å²) in [5.41, 5.74) is 3.28. The molecule has 0 radical (unpaired) electrons. The molecule has 32 heavy (non-hydrogen) atoms. The van der Waals surface area contributed by atoms with Crippen LogP contribution in [0.15, 0.2) is 97.0 Å². The molecule has 3 aromatic rings. The van der Waals surface area contributed by atoms with E-state index in [1.165, 1.54) is 17.3 Å². The van der Waals surface area contributed by atoms with Gasteiger partial charge in [0.1, 0.15) is 11.6 Å². The van der Waals surface area contributed by atoms with Crippen LogP contribution >= 0.6 is 0 Å². The van der Waals surface area contributed by atoms with Gasteiger partial charge in [-0.3, -0.25) is 14.7 Å². The van der Waals surface area contributed by atoms with Crippen LogP contribution < -0.4 is 5.32 Å². The third kappa shape index (κ3) is 5.02. The van der Waals surface area contributed by atoms with Crippen molar-refractivity contribution < 1.29 is 4.79 Å². The van der Waals surface area contributed by atoms with Gasteiger partial charge in [-0.25, -0.2) is 0 Å². The number of anilines is 1. The average Bonchev–Trinajstić information content (AvgIpc) is 2.87. The summed E-state index contributed by atoms with van der Waals surface area (Å²) in [7, 11) is 0. The molecule has 0 bridgehead atoms. The molecule has 1 aliphatic rings.